The van der Waals surface area contributed by atoms with Gasteiger partial charge in [-0.15, -0.1) is 5.10 Å². The molecule has 4 rings (SSSR count). The zero-order chi connectivity index (χ0) is 26.6. The molecule has 1 N–H and O–H groups in total. The number of carbonyl (C=O) groups is 2. The van der Waals surface area contributed by atoms with Crippen molar-refractivity contribution in [2.24, 2.45) is 11.0 Å². The van der Waals surface area contributed by atoms with E-state index >= 15 is 0 Å². The lowest BCUT2D eigenvalue weighted by Crippen LogP contribution is -2.36. The van der Waals surface area contributed by atoms with Gasteiger partial charge in [0.2, 0.25) is 11.8 Å². The van der Waals surface area contributed by atoms with Crippen LogP contribution in [0.4, 0.5) is 18.9 Å². The fraction of sp³-hybridized carbons (Fsp3) is 0.250. The normalized spacial score (nSPS) is 15.4. The third-order valence-corrected chi connectivity index (χ3v) is 6.23. The Morgan fingerprint density at radius 2 is 1.68 bits per heavy atom. The molecule has 0 spiro atoms. The van der Waals surface area contributed by atoms with Crippen molar-refractivity contribution in [2.45, 2.75) is 32.5 Å². The molecule has 0 saturated carbocycles. The molecular formula is C28H26F3N3O3. The zero-order valence-electron chi connectivity index (χ0n) is 20.3. The second-order valence-corrected chi connectivity index (χ2v) is 8.86. The largest absolute Gasteiger partial charge is 0.466 e. The molecular weight excluding hydrogens is 483 g/mol. The SMILES string of the molecule is Cc1ccccc1NC(=O)C(c1ccc(CN2N=C(c3ccccc3)OCC2=O)cc1)C(C)C(F)(F)F. The summed E-state index contributed by atoms with van der Waals surface area (Å²) in [4.78, 5) is 25.4. The maximum atomic E-state index is 13.7. The molecule has 0 bridgehead atoms. The summed E-state index contributed by atoms with van der Waals surface area (Å²) in [6, 6.07) is 22.2. The molecule has 6 nitrogen and oxygen atoms in total. The molecule has 0 fully saturated rings. The molecule has 3 aromatic rings. The first-order valence-electron chi connectivity index (χ1n) is 11.7. The van der Waals surface area contributed by atoms with Crippen LogP contribution in [0.15, 0.2) is 84.0 Å². The maximum absolute atomic E-state index is 13.7. The number of amides is 2. The van der Waals surface area contributed by atoms with E-state index in [1.807, 2.05) is 30.3 Å². The third kappa shape index (κ3) is 6.17. The van der Waals surface area contributed by atoms with Gasteiger partial charge >= 0.3 is 6.18 Å². The predicted molar refractivity (Wildman–Crippen MR) is 134 cm³/mol. The van der Waals surface area contributed by atoms with Crippen molar-refractivity contribution < 1.29 is 27.5 Å². The van der Waals surface area contributed by atoms with Gasteiger partial charge in [0.25, 0.3) is 5.91 Å². The molecule has 0 aliphatic carbocycles. The highest BCUT2D eigenvalue weighted by atomic mass is 19.4. The molecule has 0 radical (unpaired) electrons. The van der Waals surface area contributed by atoms with Gasteiger partial charge in [-0.25, -0.2) is 5.01 Å². The summed E-state index contributed by atoms with van der Waals surface area (Å²) in [6.45, 7) is 2.71. The number of hydrogen-bond acceptors (Lipinski definition) is 4. The number of para-hydroxylation sites is 1. The van der Waals surface area contributed by atoms with E-state index in [2.05, 4.69) is 10.4 Å². The first kappa shape index (κ1) is 25.9. The van der Waals surface area contributed by atoms with E-state index in [9.17, 15) is 22.8 Å². The minimum atomic E-state index is -4.57. The first-order valence-corrected chi connectivity index (χ1v) is 11.7. The van der Waals surface area contributed by atoms with Crippen molar-refractivity contribution in [1.82, 2.24) is 5.01 Å². The van der Waals surface area contributed by atoms with E-state index in [4.69, 9.17) is 4.74 Å². The average molecular weight is 510 g/mol. The van der Waals surface area contributed by atoms with E-state index in [0.717, 1.165) is 18.1 Å². The summed E-state index contributed by atoms with van der Waals surface area (Å²) in [6.07, 6.45) is -4.57. The Morgan fingerprint density at radius 3 is 2.32 bits per heavy atom. The van der Waals surface area contributed by atoms with Gasteiger partial charge in [0.15, 0.2) is 6.61 Å². The van der Waals surface area contributed by atoms with Crippen LogP contribution >= 0.6 is 0 Å². The van der Waals surface area contributed by atoms with Crippen LogP contribution in [0, 0.1) is 12.8 Å². The molecule has 2 unspecified atom stereocenters. The summed E-state index contributed by atoms with van der Waals surface area (Å²) in [5.74, 6) is -4.15. The Hall–Kier alpha value is -4.14. The van der Waals surface area contributed by atoms with Crippen LogP contribution in [0.1, 0.15) is 35.1 Å². The van der Waals surface area contributed by atoms with Crippen LogP contribution in [0.3, 0.4) is 0 Å². The zero-order valence-corrected chi connectivity index (χ0v) is 20.3. The lowest BCUT2D eigenvalue weighted by Gasteiger charge is -2.27. The minimum Gasteiger partial charge on any atom is -0.466 e. The Morgan fingerprint density at radius 1 is 1.03 bits per heavy atom. The maximum Gasteiger partial charge on any atom is 0.392 e. The molecule has 0 saturated heterocycles. The topological polar surface area (TPSA) is 71.0 Å². The number of nitrogens with zero attached hydrogens (tertiary/aromatic N) is 2. The number of hydrogen-bond donors (Lipinski definition) is 1. The summed E-state index contributed by atoms with van der Waals surface area (Å²) >= 11 is 0. The van der Waals surface area contributed by atoms with Gasteiger partial charge < -0.3 is 10.1 Å². The van der Waals surface area contributed by atoms with Gasteiger partial charge in [0, 0.05) is 11.3 Å². The minimum absolute atomic E-state index is 0.105. The highest BCUT2D eigenvalue weighted by Crippen LogP contribution is 2.38. The molecule has 2 atom stereocenters. The fourth-order valence-electron chi connectivity index (χ4n) is 4.03. The van der Waals surface area contributed by atoms with Crippen molar-refractivity contribution in [2.75, 3.05) is 11.9 Å². The van der Waals surface area contributed by atoms with E-state index < -0.39 is 23.9 Å². The summed E-state index contributed by atoms with van der Waals surface area (Å²) < 4.78 is 46.6. The van der Waals surface area contributed by atoms with Crippen molar-refractivity contribution in [3.8, 4) is 0 Å². The molecule has 1 aliphatic heterocycles. The summed E-state index contributed by atoms with van der Waals surface area (Å²) in [5.41, 5.74) is 2.80. The van der Waals surface area contributed by atoms with Gasteiger partial charge in [-0.1, -0.05) is 67.6 Å². The van der Waals surface area contributed by atoms with Crippen LogP contribution < -0.4 is 5.32 Å². The van der Waals surface area contributed by atoms with Crippen LogP contribution in [-0.4, -0.2) is 35.5 Å². The summed E-state index contributed by atoms with van der Waals surface area (Å²) in [5, 5.41) is 8.21. The molecule has 9 heteroatoms. The van der Waals surface area contributed by atoms with Crippen LogP contribution in [0.5, 0.6) is 0 Å². The lowest BCUT2D eigenvalue weighted by molar-refractivity contribution is -0.178. The number of alkyl halides is 3. The molecule has 192 valence electrons. The number of nitrogens with one attached hydrogen (secondary N) is 1. The number of carbonyl (C=O) groups excluding carboxylic acids is 2. The monoisotopic (exact) mass is 509 g/mol. The standard InChI is InChI=1S/C28H26F3N3O3/c1-18-8-6-7-11-23(18)32-26(36)25(19(2)28(29,30)31)21-14-12-20(13-15-21)16-34-24(35)17-37-27(33-34)22-9-4-3-5-10-22/h3-15,19,25H,16-17H2,1-2H3,(H,32,36). The molecule has 3 aromatic carbocycles. The Kier molecular flexibility index (Phi) is 7.61. The van der Waals surface area contributed by atoms with Crippen molar-refractivity contribution in [3.05, 3.63) is 101 Å². The molecule has 2 amide bonds. The van der Waals surface area contributed by atoms with Gasteiger partial charge in [0.1, 0.15) is 0 Å². The predicted octanol–water partition coefficient (Wildman–Crippen LogP) is 5.64. The van der Waals surface area contributed by atoms with Crippen molar-refractivity contribution >= 4 is 23.4 Å². The third-order valence-electron chi connectivity index (χ3n) is 6.23. The van der Waals surface area contributed by atoms with Crippen molar-refractivity contribution in [1.29, 1.82) is 0 Å². The van der Waals surface area contributed by atoms with Crippen LogP contribution in [0.25, 0.3) is 0 Å². The van der Waals surface area contributed by atoms with E-state index in [0.29, 0.717) is 17.1 Å². The molecule has 0 aromatic heterocycles. The van der Waals surface area contributed by atoms with E-state index in [1.54, 1.807) is 43.3 Å². The Bertz CT molecular complexity index is 1290. The molecule has 1 heterocycles. The van der Waals surface area contributed by atoms with Gasteiger partial charge in [-0.2, -0.15) is 13.2 Å². The second-order valence-electron chi connectivity index (χ2n) is 8.86. The number of ether oxygens (including phenoxy) is 1. The van der Waals surface area contributed by atoms with E-state index in [1.165, 1.54) is 17.1 Å². The number of aryl methyl sites for hydroxylation is 1. The smallest absolute Gasteiger partial charge is 0.392 e. The quantitative estimate of drug-likeness (QED) is 0.448. The van der Waals surface area contributed by atoms with E-state index in [-0.39, 0.29) is 24.6 Å². The number of benzene rings is 3. The molecule has 1 aliphatic rings. The molecule has 37 heavy (non-hydrogen) atoms. The van der Waals surface area contributed by atoms with Gasteiger partial charge in [0.05, 0.1) is 18.4 Å². The number of halogens is 3. The first-order chi connectivity index (χ1) is 17.6. The van der Waals surface area contributed by atoms with Crippen LogP contribution in [0.2, 0.25) is 0 Å². The van der Waals surface area contributed by atoms with Crippen LogP contribution in [-0.2, 0) is 20.9 Å². The van der Waals surface area contributed by atoms with Gasteiger partial charge in [-0.05, 0) is 41.8 Å². The highest BCUT2D eigenvalue weighted by molar-refractivity contribution is 5.98. The number of anilines is 1. The average Bonchev–Trinajstić information content (AvgIpc) is 2.88. The summed E-state index contributed by atoms with van der Waals surface area (Å²) in [7, 11) is 0. The van der Waals surface area contributed by atoms with Crippen molar-refractivity contribution in [3.63, 3.8) is 0 Å². The number of rotatable bonds is 7. The second kappa shape index (κ2) is 10.9. The fourth-order valence-corrected chi connectivity index (χ4v) is 4.03. The lowest BCUT2D eigenvalue weighted by atomic mass is 9.85. The number of hydrazone groups is 1. The van der Waals surface area contributed by atoms with Gasteiger partial charge in [-0.3, -0.25) is 9.59 Å². The Labute approximate surface area is 212 Å². The highest BCUT2D eigenvalue weighted by Gasteiger charge is 2.45. The Balaban J connectivity index is 1.56.